The van der Waals surface area contributed by atoms with E-state index in [0.717, 1.165) is 12.1 Å². The molecule has 0 saturated heterocycles. The quantitative estimate of drug-likeness (QED) is 0.579. The molecule has 0 spiro atoms. The molecule has 9 heteroatoms. The Morgan fingerprint density at radius 2 is 1.97 bits per heavy atom. The molecule has 0 atom stereocenters. The van der Waals surface area contributed by atoms with E-state index in [-0.39, 0.29) is 29.6 Å². The zero-order valence-corrected chi connectivity index (χ0v) is 15.3. The highest BCUT2D eigenvalue weighted by atomic mass is 19.4. The second-order valence-electron chi connectivity index (χ2n) is 5.89. The molecule has 0 aliphatic heterocycles. The summed E-state index contributed by atoms with van der Waals surface area (Å²) < 4.78 is 54.5. The third kappa shape index (κ3) is 5.14. The highest BCUT2D eigenvalue weighted by Gasteiger charge is 2.30. The van der Waals surface area contributed by atoms with E-state index in [1.807, 2.05) is 0 Å². The Morgan fingerprint density at radius 1 is 1.14 bits per heavy atom. The Labute approximate surface area is 164 Å². The normalized spacial score (nSPS) is 11.3. The van der Waals surface area contributed by atoms with Crippen molar-refractivity contribution in [3.8, 4) is 17.2 Å². The molecule has 152 valence electrons. The summed E-state index contributed by atoms with van der Waals surface area (Å²) in [6, 6.07) is 10.7. The first-order chi connectivity index (χ1) is 13.9. The third-order valence-corrected chi connectivity index (χ3v) is 3.85. The number of benzene rings is 1. The Hall–Kier alpha value is -3.33. The number of pyridine rings is 1. The number of hydrogen-bond donors (Lipinski definition) is 1. The number of carbonyl (C=O) groups excluding carboxylic acids is 1. The van der Waals surface area contributed by atoms with Crippen molar-refractivity contribution in [2.24, 2.45) is 0 Å². The van der Waals surface area contributed by atoms with E-state index in [0.29, 0.717) is 12.3 Å². The molecule has 0 aliphatic carbocycles. The number of methoxy groups -OCH3 is 1. The van der Waals surface area contributed by atoms with Crippen LogP contribution in [0.3, 0.4) is 0 Å². The summed E-state index contributed by atoms with van der Waals surface area (Å²) in [7, 11) is 1.53. The van der Waals surface area contributed by atoms with Crippen LogP contribution in [0.2, 0.25) is 0 Å². The minimum absolute atomic E-state index is 0.0656. The van der Waals surface area contributed by atoms with Crippen LogP contribution in [-0.4, -0.2) is 31.2 Å². The van der Waals surface area contributed by atoms with Crippen molar-refractivity contribution in [3.05, 3.63) is 66.1 Å². The average Bonchev–Trinajstić information content (AvgIpc) is 3.19. The molecule has 0 aliphatic rings. The molecule has 3 rings (SSSR count). The predicted octanol–water partition coefficient (Wildman–Crippen LogP) is 4.64. The van der Waals surface area contributed by atoms with Gasteiger partial charge in [0.1, 0.15) is 18.1 Å². The zero-order valence-electron chi connectivity index (χ0n) is 15.3. The average molecular weight is 406 g/mol. The molecular formula is C20H17F3N2O4. The Kier molecular flexibility index (Phi) is 6.18. The number of aromatic nitrogens is 1. The molecule has 2 aromatic heterocycles. The topological polar surface area (TPSA) is 73.6 Å². The van der Waals surface area contributed by atoms with Crippen LogP contribution in [0.4, 0.5) is 18.9 Å². The van der Waals surface area contributed by atoms with Crippen LogP contribution in [0, 0.1) is 0 Å². The summed E-state index contributed by atoms with van der Waals surface area (Å²) in [4.78, 5) is 16.5. The van der Waals surface area contributed by atoms with Crippen molar-refractivity contribution in [1.29, 1.82) is 0 Å². The second-order valence-corrected chi connectivity index (χ2v) is 5.89. The SMILES string of the molecule is COCCOc1ncccc1NC(=O)c1ccc(-c2cccc(C(F)(F)F)c2)o1. The fourth-order valence-corrected chi connectivity index (χ4v) is 2.47. The van der Waals surface area contributed by atoms with Crippen molar-refractivity contribution < 1.29 is 31.9 Å². The molecular weight excluding hydrogens is 389 g/mol. The number of anilines is 1. The lowest BCUT2D eigenvalue weighted by molar-refractivity contribution is -0.137. The molecule has 0 unspecified atom stereocenters. The standard InChI is InChI=1S/C20H17F3N2O4/c1-27-10-11-28-19-15(6-3-9-24-19)25-18(26)17-8-7-16(29-17)13-4-2-5-14(12-13)20(21,22)23/h2-9,12H,10-11H2,1H3,(H,25,26). The summed E-state index contributed by atoms with van der Waals surface area (Å²) in [5.74, 6) is -0.302. The smallest absolute Gasteiger partial charge is 0.416 e. The highest BCUT2D eigenvalue weighted by molar-refractivity contribution is 6.03. The summed E-state index contributed by atoms with van der Waals surface area (Å²) in [6.07, 6.45) is -2.96. The molecule has 1 aromatic carbocycles. The number of rotatable bonds is 7. The summed E-state index contributed by atoms with van der Waals surface area (Å²) in [5, 5.41) is 2.61. The minimum Gasteiger partial charge on any atom is -0.474 e. The molecule has 0 radical (unpaired) electrons. The van der Waals surface area contributed by atoms with Crippen molar-refractivity contribution >= 4 is 11.6 Å². The van der Waals surface area contributed by atoms with Crippen LogP contribution < -0.4 is 10.1 Å². The Bertz CT molecular complexity index is 986. The zero-order chi connectivity index (χ0) is 20.9. The first kappa shape index (κ1) is 20.4. The molecule has 3 aromatic rings. The van der Waals surface area contributed by atoms with E-state index in [1.54, 1.807) is 12.1 Å². The Morgan fingerprint density at radius 3 is 2.72 bits per heavy atom. The number of halogens is 3. The summed E-state index contributed by atoms with van der Waals surface area (Å²) >= 11 is 0. The van der Waals surface area contributed by atoms with Gasteiger partial charge in [0.15, 0.2) is 5.76 Å². The van der Waals surface area contributed by atoms with E-state index < -0.39 is 17.6 Å². The second kappa shape index (κ2) is 8.78. The van der Waals surface area contributed by atoms with Gasteiger partial charge in [-0.1, -0.05) is 12.1 Å². The molecule has 1 amide bonds. The number of nitrogens with zero attached hydrogens (tertiary/aromatic N) is 1. The van der Waals surface area contributed by atoms with Gasteiger partial charge in [0.2, 0.25) is 5.88 Å². The lowest BCUT2D eigenvalue weighted by atomic mass is 10.1. The first-order valence-corrected chi connectivity index (χ1v) is 8.54. The van der Waals surface area contributed by atoms with Gasteiger partial charge in [0.05, 0.1) is 12.2 Å². The Balaban J connectivity index is 1.76. The first-order valence-electron chi connectivity index (χ1n) is 8.54. The third-order valence-electron chi connectivity index (χ3n) is 3.85. The lowest BCUT2D eigenvalue weighted by Gasteiger charge is -2.10. The maximum Gasteiger partial charge on any atom is 0.416 e. The van der Waals surface area contributed by atoms with E-state index in [4.69, 9.17) is 13.9 Å². The van der Waals surface area contributed by atoms with Crippen molar-refractivity contribution in [3.63, 3.8) is 0 Å². The van der Waals surface area contributed by atoms with Crippen LogP contribution in [0.1, 0.15) is 16.1 Å². The fraction of sp³-hybridized carbons (Fsp3) is 0.200. The van der Waals surface area contributed by atoms with Crippen LogP contribution in [-0.2, 0) is 10.9 Å². The number of nitrogens with one attached hydrogen (secondary N) is 1. The van der Waals surface area contributed by atoms with Crippen molar-refractivity contribution in [1.82, 2.24) is 4.98 Å². The van der Waals surface area contributed by atoms with E-state index in [1.165, 1.54) is 37.6 Å². The number of amides is 1. The van der Waals surface area contributed by atoms with Crippen LogP contribution >= 0.6 is 0 Å². The molecule has 6 nitrogen and oxygen atoms in total. The summed E-state index contributed by atoms with van der Waals surface area (Å²) in [6.45, 7) is 0.597. The van der Waals surface area contributed by atoms with Gasteiger partial charge in [-0.2, -0.15) is 13.2 Å². The number of carbonyl (C=O) groups is 1. The van der Waals surface area contributed by atoms with Gasteiger partial charge in [-0.25, -0.2) is 4.98 Å². The molecule has 1 N–H and O–H groups in total. The highest BCUT2D eigenvalue weighted by Crippen LogP contribution is 2.33. The molecule has 0 fully saturated rings. The number of hydrogen-bond acceptors (Lipinski definition) is 5. The number of alkyl halides is 3. The molecule has 0 bridgehead atoms. The largest absolute Gasteiger partial charge is 0.474 e. The van der Waals surface area contributed by atoms with Crippen LogP contribution in [0.5, 0.6) is 5.88 Å². The number of furan rings is 1. The van der Waals surface area contributed by atoms with Gasteiger partial charge in [-0.05, 0) is 36.4 Å². The van der Waals surface area contributed by atoms with E-state index in [2.05, 4.69) is 10.3 Å². The van der Waals surface area contributed by atoms with Gasteiger partial charge < -0.3 is 19.2 Å². The van der Waals surface area contributed by atoms with Crippen LogP contribution in [0.15, 0.2) is 59.1 Å². The van der Waals surface area contributed by atoms with Gasteiger partial charge in [0, 0.05) is 18.9 Å². The summed E-state index contributed by atoms with van der Waals surface area (Å²) in [5.41, 5.74) is -0.264. The molecule has 29 heavy (non-hydrogen) atoms. The predicted molar refractivity (Wildman–Crippen MR) is 98.7 cm³/mol. The van der Waals surface area contributed by atoms with Gasteiger partial charge in [0.25, 0.3) is 5.91 Å². The van der Waals surface area contributed by atoms with Gasteiger partial charge in [-0.3, -0.25) is 4.79 Å². The lowest BCUT2D eigenvalue weighted by Crippen LogP contribution is -2.13. The van der Waals surface area contributed by atoms with Gasteiger partial charge in [-0.15, -0.1) is 0 Å². The van der Waals surface area contributed by atoms with E-state index in [9.17, 15) is 18.0 Å². The van der Waals surface area contributed by atoms with Crippen LogP contribution in [0.25, 0.3) is 11.3 Å². The molecule has 2 heterocycles. The van der Waals surface area contributed by atoms with E-state index >= 15 is 0 Å². The van der Waals surface area contributed by atoms with Gasteiger partial charge >= 0.3 is 6.18 Å². The maximum atomic E-state index is 12.9. The minimum atomic E-state index is -4.47. The van der Waals surface area contributed by atoms with Crippen molar-refractivity contribution in [2.45, 2.75) is 6.18 Å². The van der Waals surface area contributed by atoms with Crippen molar-refractivity contribution in [2.75, 3.05) is 25.6 Å². The number of ether oxygens (including phenoxy) is 2. The monoisotopic (exact) mass is 406 g/mol. The molecule has 0 saturated carbocycles. The fourth-order valence-electron chi connectivity index (χ4n) is 2.47. The maximum absolute atomic E-state index is 12.9.